The van der Waals surface area contributed by atoms with Crippen LogP contribution in [0.1, 0.15) is 22.3 Å². The third kappa shape index (κ3) is 5.50. The molecule has 0 bridgehead atoms. The SMILES string of the molecule is COc1cnn(C)c(=O)c1-c1ccc(C[C@H](NC(c2ccccc2)(c2ccccc2)c2ccccc2)C(=O)O)c2ccccc12. The number of nitrogens with one attached hydrogen (secondary N) is 1. The van der Waals surface area contributed by atoms with Crippen LogP contribution in [0.15, 0.2) is 138 Å². The molecule has 224 valence electrons. The first-order valence-corrected chi connectivity index (χ1v) is 14.7. The van der Waals surface area contributed by atoms with Gasteiger partial charge in [0.2, 0.25) is 0 Å². The predicted octanol–water partition coefficient (Wildman–Crippen LogP) is 6.19. The van der Waals surface area contributed by atoms with Gasteiger partial charge in [0.05, 0.1) is 24.4 Å². The lowest BCUT2D eigenvalue weighted by Gasteiger charge is -2.39. The number of aryl methyl sites for hydroxylation is 1. The Kier molecular flexibility index (Phi) is 8.27. The Balaban J connectivity index is 1.50. The van der Waals surface area contributed by atoms with Crippen molar-refractivity contribution in [2.75, 3.05) is 7.11 Å². The van der Waals surface area contributed by atoms with E-state index in [1.807, 2.05) is 127 Å². The monoisotopic (exact) mass is 595 g/mol. The number of hydrogen-bond acceptors (Lipinski definition) is 5. The molecule has 0 aliphatic carbocycles. The van der Waals surface area contributed by atoms with E-state index < -0.39 is 17.6 Å². The second-order valence-corrected chi connectivity index (χ2v) is 10.9. The van der Waals surface area contributed by atoms with Crippen molar-refractivity contribution >= 4 is 16.7 Å². The van der Waals surface area contributed by atoms with Gasteiger partial charge in [-0.05, 0) is 45.0 Å². The lowest BCUT2D eigenvalue weighted by atomic mass is 9.76. The second kappa shape index (κ2) is 12.6. The highest BCUT2D eigenvalue weighted by molar-refractivity contribution is 5.99. The summed E-state index contributed by atoms with van der Waals surface area (Å²) in [6.07, 6.45) is 1.72. The third-order valence-electron chi connectivity index (χ3n) is 8.34. The smallest absolute Gasteiger partial charge is 0.321 e. The van der Waals surface area contributed by atoms with E-state index in [9.17, 15) is 14.7 Å². The maximum absolute atomic E-state index is 13.2. The zero-order valence-corrected chi connectivity index (χ0v) is 25.1. The fourth-order valence-electron chi connectivity index (χ4n) is 6.18. The molecule has 45 heavy (non-hydrogen) atoms. The van der Waals surface area contributed by atoms with Crippen LogP contribution >= 0.6 is 0 Å². The van der Waals surface area contributed by atoms with E-state index in [-0.39, 0.29) is 12.0 Å². The molecule has 5 aromatic carbocycles. The highest BCUT2D eigenvalue weighted by atomic mass is 16.5. The third-order valence-corrected chi connectivity index (χ3v) is 8.34. The molecule has 6 aromatic rings. The van der Waals surface area contributed by atoms with Gasteiger partial charge in [0.1, 0.15) is 6.04 Å². The van der Waals surface area contributed by atoms with Gasteiger partial charge in [0.25, 0.3) is 5.56 Å². The lowest BCUT2D eigenvalue weighted by Crippen LogP contribution is -2.53. The Hall–Kier alpha value is -5.53. The molecule has 0 amide bonds. The van der Waals surface area contributed by atoms with Gasteiger partial charge >= 0.3 is 5.97 Å². The molecule has 0 saturated carbocycles. The minimum absolute atomic E-state index is 0.190. The number of ether oxygens (including phenoxy) is 1. The molecular weight excluding hydrogens is 562 g/mol. The Morgan fingerprint density at radius 3 is 1.82 bits per heavy atom. The Labute approximate surface area is 261 Å². The summed E-state index contributed by atoms with van der Waals surface area (Å²) >= 11 is 0. The molecule has 1 heterocycles. The average molecular weight is 596 g/mol. The Morgan fingerprint density at radius 1 is 0.800 bits per heavy atom. The van der Waals surface area contributed by atoms with Gasteiger partial charge in [-0.3, -0.25) is 14.9 Å². The molecule has 0 saturated heterocycles. The van der Waals surface area contributed by atoms with Crippen molar-refractivity contribution in [1.29, 1.82) is 0 Å². The van der Waals surface area contributed by atoms with Crippen LogP contribution in [0.3, 0.4) is 0 Å². The van der Waals surface area contributed by atoms with Crippen LogP contribution < -0.4 is 15.6 Å². The van der Waals surface area contributed by atoms with E-state index in [0.29, 0.717) is 16.9 Å². The van der Waals surface area contributed by atoms with Gasteiger partial charge in [-0.1, -0.05) is 127 Å². The second-order valence-electron chi connectivity index (χ2n) is 10.9. The number of carbonyl (C=O) groups is 1. The molecule has 0 spiro atoms. The van der Waals surface area contributed by atoms with Crippen LogP contribution in [0.25, 0.3) is 21.9 Å². The van der Waals surface area contributed by atoms with Gasteiger partial charge in [0.15, 0.2) is 5.75 Å². The van der Waals surface area contributed by atoms with E-state index in [0.717, 1.165) is 33.0 Å². The minimum Gasteiger partial charge on any atom is -0.494 e. The topological polar surface area (TPSA) is 93.5 Å². The van der Waals surface area contributed by atoms with E-state index in [2.05, 4.69) is 10.4 Å². The number of methoxy groups -OCH3 is 1. The molecule has 2 N–H and O–H groups in total. The average Bonchev–Trinajstić information content (AvgIpc) is 3.09. The zero-order valence-electron chi connectivity index (χ0n) is 25.1. The van der Waals surface area contributed by atoms with Crippen molar-refractivity contribution in [1.82, 2.24) is 15.1 Å². The van der Waals surface area contributed by atoms with Crippen molar-refractivity contribution < 1.29 is 14.6 Å². The van der Waals surface area contributed by atoms with Crippen molar-refractivity contribution in [2.24, 2.45) is 7.05 Å². The molecular formula is C38H33N3O4. The highest BCUT2D eigenvalue weighted by Gasteiger charge is 2.40. The summed E-state index contributed by atoms with van der Waals surface area (Å²) in [5.41, 5.74) is 3.47. The van der Waals surface area contributed by atoms with Crippen molar-refractivity contribution in [3.05, 3.63) is 166 Å². The quantitative estimate of drug-likeness (QED) is 0.184. The largest absolute Gasteiger partial charge is 0.494 e. The maximum atomic E-state index is 13.2. The van der Waals surface area contributed by atoms with Crippen LogP contribution in [0.5, 0.6) is 5.75 Å². The molecule has 0 unspecified atom stereocenters. The number of carboxylic acid groups (broad SMARTS) is 1. The number of nitrogens with zero attached hydrogens (tertiary/aromatic N) is 2. The summed E-state index contributed by atoms with van der Waals surface area (Å²) in [5.74, 6) is -0.598. The van der Waals surface area contributed by atoms with E-state index >= 15 is 0 Å². The van der Waals surface area contributed by atoms with Crippen molar-refractivity contribution in [3.63, 3.8) is 0 Å². The molecule has 0 radical (unpaired) electrons. The zero-order chi connectivity index (χ0) is 31.4. The van der Waals surface area contributed by atoms with Crippen molar-refractivity contribution in [2.45, 2.75) is 18.0 Å². The summed E-state index contributed by atoms with van der Waals surface area (Å²) in [6, 6.07) is 40.4. The first-order chi connectivity index (χ1) is 21.9. The van der Waals surface area contributed by atoms with Gasteiger partial charge in [0, 0.05) is 7.05 Å². The Bertz CT molecular complexity index is 1910. The first kappa shape index (κ1) is 29.5. The highest BCUT2D eigenvalue weighted by Crippen LogP contribution is 2.38. The summed E-state index contributed by atoms with van der Waals surface area (Å²) < 4.78 is 6.81. The van der Waals surface area contributed by atoms with Gasteiger partial charge in [-0.25, -0.2) is 4.68 Å². The molecule has 0 aliphatic rings. The first-order valence-electron chi connectivity index (χ1n) is 14.7. The van der Waals surface area contributed by atoms with Gasteiger partial charge in [-0.2, -0.15) is 5.10 Å². The van der Waals surface area contributed by atoms with Crippen molar-refractivity contribution in [3.8, 4) is 16.9 Å². The molecule has 1 aromatic heterocycles. The van der Waals surface area contributed by atoms with Crippen LogP contribution in [0, 0.1) is 0 Å². The van der Waals surface area contributed by atoms with Crippen LogP contribution in [0.2, 0.25) is 0 Å². The molecule has 1 atom stereocenters. The molecule has 0 fully saturated rings. The number of rotatable bonds is 10. The van der Waals surface area contributed by atoms with Gasteiger partial charge in [-0.15, -0.1) is 0 Å². The number of fused-ring (bicyclic) bond motifs is 1. The lowest BCUT2D eigenvalue weighted by molar-refractivity contribution is -0.139. The maximum Gasteiger partial charge on any atom is 0.321 e. The fourth-order valence-corrected chi connectivity index (χ4v) is 6.18. The molecule has 6 rings (SSSR count). The summed E-state index contributed by atoms with van der Waals surface area (Å²) in [4.78, 5) is 26.4. The van der Waals surface area contributed by atoms with E-state index in [1.54, 1.807) is 7.05 Å². The Morgan fingerprint density at radius 2 is 1.31 bits per heavy atom. The van der Waals surface area contributed by atoms with E-state index in [4.69, 9.17) is 4.74 Å². The fraction of sp³-hybridized carbons (Fsp3) is 0.132. The number of benzene rings is 5. The molecule has 0 aliphatic heterocycles. The molecule has 7 nitrogen and oxygen atoms in total. The molecule has 7 heteroatoms. The standard InChI is InChI=1S/C38H33N3O4/c1-41-36(42)35(34(45-2)25-39-41)32-23-22-26(30-20-12-13-21-31(30)32)24-33(37(43)44)40-38(27-14-6-3-7-15-27,28-16-8-4-9-17-28)29-18-10-5-11-19-29/h3-23,25,33,40H,24H2,1-2H3,(H,43,44)/t33-/m0/s1. The van der Waals surface area contributed by atoms with E-state index in [1.165, 1.54) is 18.0 Å². The van der Waals surface area contributed by atoms with Crippen LogP contribution in [0.4, 0.5) is 0 Å². The number of carboxylic acids is 1. The summed E-state index contributed by atoms with van der Waals surface area (Å²) in [6.45, 7) is 0. The number of aromatic nitrogens is 2. The number of hydrogen-bond donors (Lipinski definition) is 2. The van der Waals surface area contributed by atoms with Crippen LogP contribution in [-0.2, 0) is 23.8 Å². The summed E-state index contributed by atoms with van der Waals surface area (Å²) in [5, 5.41) is 20.2. The number of aliphatic carboxylic acids is 1. The van der Waals surface area contributed by atoms with Crippen LogP contribution in [-0.4, -0.2) is 34.0 Å². The normalized spacial score (nSPS) is 12.1. The minimum atomic E-state index is -0.983. The predicted molar refractivity (Wildman–Crippen MR) is 176 cm³/mol. The summed E-state index contributed by atoms with van der Waals surface area (Å²) in [7, 11) is 3.11. The van der Waals surface area contributed by atoms with Gasteiger partial charge < -0.3 is 9.84 Å².